The lowest BCUT2D eigenvalue weighted by molar-refractivity contribution is -0.141. The van der Waals surface area contributed by atoms with E-state index in [1.165, 1.54) is 7.11 Å². The van der Waals surface area contributed by atoms with Crippen LogP contribution in [0.5, 0.6) is 0 Å². The molecular weight excluding hydrogens is 262 g/mol. The highest BCUT2D eigenvalue weighted by atomic mass is 32.2. The van der Waals surface area contributed by atoms with E-state index < -0.39 is 0 Å². The van der Waals surface area contributed by atoms with Crippen molar-refractivity contribution in [1.29, 1.82) is 0 Å². The molecule has 1 aliphatic carbocycles. The number of carbonyl (C=O) groups is 1. The van der Waals surface area contributed by atoms with Crippen LogP contribution >= 0.6 is 11.8 Å². The zero-order chi connectivity index (χ0) is 14.7. The molecule has 2 atom stereocenters. The number of carbonyl (C=O) groups excluding carboxylic acids is 1. The molecule has 1 saturated carbocycles. The molecule has 19 heavy (non-hydrogen) atoms. The first kappa shape index (κ1) is 16.8. The third-order valence-electron chi connectivity index (χ3n) is 3.89. The lowest BCUT2D eigenvalue weighted by Gasteiger charge is -2.33. The normalized spacial score (nSPS) is 20.7. The van der Waals surface area contributed by atoms with Crippen molar-refractivity contribution in [3.05, 3.63) is 0 Å². The minimum absolute atomic E-state index is 0.0233. The summed E-state index contributed by atoms with van der Waals surface area (Å²) in [6, 6.07) is -0.0589. The highest BCUT2D eigenvalue weighted by Gasteiger charge is 2.45. The molecule has 0 aromatic heterocycles. The van der Waals surface area contributed by atoms with Crippen LogP contribution in [0.1, 0.15) is 40.0 Å². The maximum Gasteiger partial charge on any atom is 0.306 e. The number of ether oxygens (including phenoxy) is 1. The van der Waals surface area contributed by atoms with Gasteiger partial charge in [-0.25, -0.2) is 0 Å². The quantitative estimate of drug-likeness (QED) is 0.699. The Morgan fingerprint density at radius 1 is 1.47 bits per heavy atom. The molecule has 1 fully saturated rings. The Bertz CT molecular complexity index is 310. The topological polar surface area (TPSA) is 72.5 Å². The molecule has 1 aliphatic rings. The maximum atomic E-state index is 11.4. The lowest BCUT2D eigenvalue weighted by atomic mass is 9.85. The van der Waals surface area contributed by atoms with Crippen LogP contribution in [0.15, 0.2) is 0 Å². The third-order valence-corrected chi connectivity index (χ3v) is 5.54. The van der Waals surface area contributed by atoms with Crippen LogP contribution in [-0.4, -0.2) is 41.8 Å². The summed E-state index contributed by atoms with van der Waals surface area (Å²) in [6.07, 6.45) is 2.62. The highest BCUT2D eigenvalue weighted by molar-refractivity contribution is 8.00. The van der Waals surface area contributed by atoms with E-state index in [1.54, 1.807) is 11.8 Å². The van der Waals surface area contributed by atoms with E-state index >= 15 is 0 Å². The Morgan fingerprint density at radius 3 is 2.42 bits per heavy atom. The van der Waals surface area contributed by atoms with Crippen LogP contribution in [0.3, 0.4) is 0 Å². The molecule has 0 radical (unpaired) electrons. The van der Waals surface area contributed by atoms with E-state index in [4.69, 9.17) is 10.5 Å². The van der Waals surface area contributed by atoms with Crippen molar-refractivity contribution in [1.82, 2.24) is 0 Å². The number of nitrogens with two attached hydrogens (primary N) is 1. The number of aliphatic hydroxyl groups excluding tert-OH is 1. The zero-order valence-corrected chi connectivity index (χ0v) is 13.3. The molecule has 0 heterocycles. The number of hydrogen-bond donors (Lipinski definition) is 2. The van der Waals surface area contributed by atoms with Gasteiger partial charge in [-0.3, -0.25) is 4.79 Å². The van der Waals surface area contributed by atoms with Crippen LogP contribution in [0.4, 0.5) is 0 Å². The van der Waals surface area contributed by atoms with Crippen LogP contribution in [-0.2, 0) is 9.53 Å². The van der Waals surface area contributed by atoms with Crippen LogP contribution in [0.25, 0.3) is 0 Å². The van der Waals surface area contributed by atoms with Gasteiger partial charge in [0.1, 0.15) is 0 Å². The Morgan fingerprint density at radius 2 is 2.05 bits per heavy atom. The van der Waals surface area contributed by atoms with Crippen molar-refractivity contribution in [3.63, 3.8) is 0 Å². The second kappa shape index (κ2) is 6.46. The van der Waals surface area contributed by atoms with Gasteiger partial charge < -0.3 is 15.6 Å². The third kappa shape index (κ3) is 4.97. The summed E-state index contributed by atoms with van der Waals surface area (Å²) in [5, 5.41) is 9.54. The molecule has 0 saturated heterocycles. The molecule has 0 aliphatic heterocycles. The largest absolute Gasteiger partial charge is 0.469 e. The maximum absolute atomic E-state index is 11.4. The number of esters is 1. The monoisotopic (exact) mass is 289 g/mol. The van der Waals surface area contributed by atoms with Gasteiger partial charge in [0, 0.05) is 11.3 Å². The number of hydrogen-bond acceptors (Lipinski definition) is 5. The molecule has 1 rings (SSSR count). The van der Waals surface area contributed by atoms with E-state index in [0.717, 1.165) is 18.6 Å². The minimum Gasteiger partial charge on any atom is -0.469 e. The molecule has 0 aromatic carbocycles. The van der Waals surface area contributed by atoms with Crippen molar-refractivity contribution in [2.75, 3.05) is 19.5 Å². The average molecular weight is 289 g/mol. The predicted octanol–water partition coefficient (Wildman–Crippen LogP) is 1.80. The fourth-order valence-electron chi connectivity index (χ4n) is 2.04. The molecule has 3 N–H and O–H groups in total. The summed E-state index contributed by atoms with van der Waals surface area (Å²) in [4.78, 5) is 11.4. The van der Waals surface area contributed by atoms with Gasteiger partial charge in [-0.2, -0.15) is 11.8 Å². The van der Waals surface area contributed by atoms with Crippen LogP contribution < -0.4 is 5.73 Å². The Hall–Kier alpha value is -0.260. The van der Waals surface area contributed by atoms with E-state index in [-0.39, 0.29) is 34.7 Å². The standard InChI is InChI=1S/C14H27NO3S/c1-13(2,3)12(15)10(8-16)19-9-14(5-6-14)7-11(17)18-4/h10,12,16H,5-9,15H2,1-4H3. The number of methoxy groups -OCH3 is 1. The van der Waals surface area contributed by atoms with Crippen molar-refractivity contribution in [3.8, 4) is 0 Å². The van der Waals surface area contributed by atoms with E-state index in [9.17, 15) is 9.90 Å². The van der Waals surface area contributed by atoms with Gasteiger partial charge in [0.15, 0.2) is 0 Å². The van der Waals surface area contributed by atoms with Crippen LogP contribution in [0.2, 0.25) is 0 Å². The summed E-state index contributed by atoms with van der Waals surface area (Å²) >= 11 is 1.70. The second-order valence-electron chi connectivity index (χ2n) is 6.68. The van der Waals surface area contributed by atoms with Gasteiger partial charge >= 0.3 is 5.97 Å². The first-order chi connectivity index (χ1) is 8.74. The average Bonchev–Trinajstić information content (AvgIpc) is 3.08. The predicted molar refractivity (Wildman–Crippen MR) is 79.1 cm³/mol. The SMILES string of the molecule is COC(=O)CC1(CSC(CO)C(N)C(C)(C)C)CC1. The smallest absolute Gasteiger partial charge is 0.306 e. The van der Waals surface area contributed by atoms with Crippen molar-refractivity contribution < 1.29 is 14.6 Å². The zero-order valence-electron chi connectivity index (χ0n) is 12.4. The van der Waals surface area contributed by atoms with Gasteiger partial charge in [-0.15, -0.1) is 0 Å². The molecular formula is C14H27NO3S. The summed E-state index contributed by atoms with van der Waals surface area (Å²) in [5.41, 5.74) is 6.27. The summed E-state index contributed by atoms with van der Waals surface area (Å²) < 4.78 is 4.74. The summed E-state index contributed by atoms with van der Waals surface area (Å²) in [7, 11) is 1.43. The molecule has 5 heteroatoms. The molecule has 112 valence electrons. The number of rotatable bonds is 7. The molecule has 0 aromatic rings. The van der Waals surface area contributed by atoms with Gasteiger partial charge in [0.05, 0.1) is 20.1 Å². The van der Waals surface area contributed by atoms with Gasteiger partial charge in [0.2, 0.25) is 0 Å². The van der Waals surface area contributed by atoms with Crippen molar-refractivity contribution in [2.45, 2.75) is 51.3 Å². The Kier molecular flexibility index (Phi) is 5.71. The highest BCUT2D eigenvalue weighted by Crippen LogP contribution is 2.52. The van der Waals surface area contributed by atoms with Crippen molar-refractivity contribution >= 4 is 17.7 Å². The van der Waals surface area contributed by atoms with E-state index in [1.807, 2.05) is 0 Å². The Balaban J connectivity index is 2.48. The molecule has 4 nitrogen and oxygen atoms in total. The van der Waals surface area contributed by atoms with E-state index in [2.05, 4.69) is 20.8 Å². The van der Waals surface area contributed by atoms with Crippen LogP contribution in [0, 0.1) is 10.8 Å². The van der Waals surface area contributed by atoms with E-state index in [0.29, 0.717) is 6.42 Å². The minimum atomic E-state index is -0.140. The first-order valence-corrected chi connectivity index (χ1v) is 7.84. The summed E-state index contributed by atoms with van der Waals surface area (Å²) in [5.74, 6) is 0.732. The first-order valence-electron chi connectivity index (χ1n) is 6.79. The van der Waals surface area contributed by atoms with Crippen molar-refractivity contribution in [2.24, 2.45) is 16.6 Å². The van der Waals surface area contributed by atoms with Gasteiger partial charge in [0.25, 0.3) is 0 Å². The molecule has 0 amide bonds. The molecule has 2 unspecified atom stereocenters. The number of thioether (sulfide) groups is 1. The molecule has 0 spiro atoms. The Labute approximate surface area is 120 Å². The fourth-order valence-corrected chi connectivity index (χ4v) is 3.72. The van der Waals surface area contributed by atoms with Gasteiger partial charge in [-0.1, -0.05) is 20.8 Å². The summed E-state index contributed by atoms with van der Waals surface area (Å²) in [6.45, 7) is 6.34. The van der Waals surface area contributed by atoms with Gasteiger partial charge in [-0.05, 0) is 29.4 Å². The second-order valence-corrected chi connectivity index (χ2v) is 7.90. The number of aliphatic hydroxyl groups is 1. The fraction of sp³-hybridized carbons (Fsp3) is 0.929. The lowest BCUT2D eigenvalue weighted by Crippen LogP contribution is -2.45. The molecule has 0 bridgehead atoms.